The van der Waals surface area contributed by atoms with E-state index in [4.69, 9.17) is 5.73 Å². The van der Waals surface area contributed by atoms with Crippen LogP contribution >= 0.6 is 0 Å². The first-order valence-electron chi connectivity index (χ1n) is 5.72. The van der Waals surface area contributed by atoms with E-state index in [1.165, 1.54) is 0 Å². The van der Waals surface area contributed by atoms with Crippen molar-refractivity contribution < 1.29 is 8.42 Å². The van der Waals surface area contributed by atoms with Crippen LogP contribution in [0.4, 0.5) is 5.69 Å². The molecule has 0 atom stereocenters. The third kappa shape index (κ3) is 4.02. The van der Waals surface area contributed by atoms with Crippen LogP contribution < -0.4 is 10.5 Å². The highest BCUT2D eigenvalue weighted by Gasteiger charge is 2.09. The van der Waals surface area contributed by atoms with Crippen molar-refractivity contribution in [1.29, 1.82) is 0 Å². The van der Waals surface area contributed by atoms with Crippen molar-refractivity contribution in [2.75, 3.05) is 10.5 Å². The molecule has 17 heavy (non-hydrogen) atoms. The Kier molecular flexibility index (Phi) is 4.54. The Hall–Kier alpha value is -1.07. The van der Waals surface area contributed by atoms with E-state index in [2.05, 4.69) is 18.6 Å². The summed E-state index contributed by atoms with van der Waals surface area (Å²) in [5.41, 5.74) is 8.22. The minimum atomic E-state index is -3.23. The Labute approximate surface area is 103 Å². The Balaban J connectivity index is 3.11. The predicted octanol–water partition coefficient (Wildman–Crippen LogP) is 2.03. The molecule has 1 rings (SSSR count). The van der Waals surface area contributed by atoms with Gasteiger partial charge in [-0.15, -0.1) is 0 Å². The van der Waals surface area contributed by atoms with Gasteiger partial charge in [-0.25, -0.2) is 8.42 Å². The zero-order chi connectivity index (χ0) is 13.1. The van der Waals surface area contributed by atoms with Crippen molar-refractivity contribution in [1.82, 2.24) is 0 Å². The van der Waals surface area contributed by atoms with E-state index >= 15 is 0 Å². The van der Waals surface area contributed by atoms with Gasteiger partial charge in [0.2, 0.25) is 10.0 Å². The van der Waals surface area contributed by atoms with Crippen LogP contribution in [-0.2, 0) is 16.6 Å². The third-order valence-electron chi connectivity index (χ3n) is 2.57. The summed E-state index contributed by atoms with van der Waals surface area (Å²) in [4.78, 5) is 0. The van der Waals surface area contributed by atoms with Gasteiger partial charge in [0.15, 0.2) is 0 Å². The molecule has 0 unspecified atom stereocenters. The molecule has 0 amide bonds. The molecule has 4 nitrogen and oxygen atoms in total. The molecule has 1 aromatic carbocycles. The van der Waals surface area contributed by atoms with E-state index in [-0.39, 0.29) is 5.75 Å². The second-order valence-corrected chi connectivity index (χ2v) is 6.34. The average molecular weight is 256 g/mol. The molecule has 1 aromatic rings. The Bertz CT molecular complexity index is 481. The van der Waals surface area contributed by atoms with Crippen LogP contribution in [0.3, 0.4) is 0 Å². The lowest BCUT2D eigenvalue weighted by atomic mass is 10.00. The molecule has 0 fully saturated rings. The SMILES string of the molecule is CCS(=O)(=O)Nc1cc(CN)cc(C(C)C)c1. The molecule has 0 spiro atoms. The standard InChI is InChI=1S/C12H20N2O2S/c1-4-17(15,16)14-12-6-10(8-13)5-11(7-12)9(2)3/h5-7,9,14H,4,8,13H2,1-3H3. The van der Waals surface area contributed by atoms with Gasteiger partial charge < -0.3 is 5.73 Å². The summed E-state index contributed by atoms with van der Waals surface area (Å²) in [6.45, 7) is 6.14. The molecule has 0 saturated carbocycles. The van der Waals surface area contributed by atoms with Gasteiger partial charge in [-0.1, -0.05) is 19.9 Å². The summed E-state index contributed by atoms with van der Waals surface area (Å²) in [5.74, 6) is 0.406. The van der Waals surface area contributed by atoms with E-state index in [1.54, 1.807) is 13.0 Å². The van der Waals surface area contributed by atoms with Crippen LogP contribution in [0.1, 0.15) is 37.8 Å². The second kappa shape index (κ2) is 5.51. The van der Waals surface area contributed by atoms with Crippen molar-refractivity contribution in [3.05, 3.63) is 29.3 Å². The predicted molar refractivity (Wildman–Crippen MR) is 71.5 cm³/mol. The van der Waals surface area contributed by atoms with Crippen LogP contribution in [0, 0.1) is 0 Å². The zero-order valence-corrected chi connectivity index (χ0v) is 11.3. The zero-order valence-electron chi connectivity index (χ0n) is 10.5. The quantitative estimate of drug-likeness (QED) is 0.846. The molecule has 0 radical (unpaired) electrons. The lowest BCUT2D eigenvalue weighted by molar-refractivity contribution is 0.602. The van der Waals surface area contributed by atoms with Crippen LogP contribution in [0.25, 0.3) is 0 Å². The third-order valence-corrected chi connectivity index (χ3v) is 3.88. The summed E-state index contributed by atoms with van der Waals surface area (Å²) in [5, 5.41) is 0. The molecule has 0 heterocycles. The molecule has 96 valence electrons. The molecule has 3 N–H and O–H groups in total. The van der Waals surface area contributed by atoms with Crippen molar-refractivity contribution in [2.24, 2.45) is 5.73 Å². The topological polar surface area (TPSA) is 72.2 Å². The number of nitrogens with two attached hydrogens (primary N) is 1. The molecular weight excluding hydrogens is 236 g/mol. The fourth-order valence-electron chi connectivity index (χ4n) is 1.48. The number of rotatable bonds is 5. The van der Waals surface area contributed by atoms with E-state index in [0.717, 1.165) is 11.1 Å². The van der Waals surface area contributed by atoms with Crippen molar-refractivity contribution >= 4 is 15.7 Å². The van der Waals surface area contributed by atoms with Gasteiger partial charge in [-0.2, -0.15) is 0 Å². The number of anilines is 1. The van der Waals surface area contributed by atoms with Crippen LogP contribution in [-0.4, -0.2) is 14.2 Å². The average Bonchev–Trinajstić information content (AvgIpc) is 2.28. The molecule has 0 aliphatic carbocycles. The first-order valence-corrected chi connectivity index (χ1v) is 7.37. The minimum absolute atomic E-state index is 0.0663. The fourth-order valence-corrected chi connectivity index (χ4v) is 2.10. The fraction of sp³-hybridized carbons (Fsp3) is 0.500. The maximum absolute atomic E-state index is 11.5. The molecular formula is C12H20N2O2S. The summed E-state index contributed by atoms with van der Waals surface area (Å²) in [6.07, 6.45) is 0. The lowest BCUT2D eigenvalue weighted by Crippen LogP contribution is -2.15. The van der Waals surface area contributed by atoms with Gasteiger partial charge >= 0.3 is 0 Å². The van der Waals surface area contributed by atoms with E-state index in [9.17, 15) is 8.42 Å². The Morgan fingerprint density at radius 3 is 2.41 bits per heavy atom. The highest BCUT2D eigenvalue weighted by Crippen LogP contribution is 2.22. The molecule has 5 heteroatoms. The number of hydrogen-bond donors (Lipinski definition) is 2. The normalized spacial score (nSPS) is 11.8. The van der Waals surface area contributed by atoms with Crippen molar-refractivity contribution in [2.45, 2.75) is 33.2 Å². The summed E-state index contributed by atoms with van der Waals surface area (Å²) in [6, 6.07) is 5.64. The number of hydrogen-bond acceptors (Lipinski definition) is 3. The van der Waals surface area contributed by atoms with Crippen molar-refractivity contribution in [3.63, 3.8) is 0 Å². The first kappa shape index (κ1) is 14.0. The molecule has 0 aliphatic rings. The minimum Gasteiger partial charge on any atom is -0.326 e. The smallest absolute Gasteiger partial charge is 0.232 e. The van der Waals surface area contributed by atoms with E-state index in [1.807, 2.05) is 12.1 Å². The van der Waals surface area contributed by atoms with E-state index in [0.29, 0.717) is 18.2 Å². The van der Waals surface area contributed by atoms with Crippen LogP contribution in [0.2, 0.25) is 0 Å². The highest BCUT2D eigenvalue weighted by atomic mass is 32.2. The number of benzene rings is 1. The maximum Gasteiger partial charge on any atom is 0.232 e. The van der Waals surface area contributed by atoms with Crippen LogP contribution in [0.15, 0.2) is 18.2 Å². The monoisotopic (exact) mass is 256 g/mol. The van der Waals surface area contributed by atoms with Gasteiger partial charge in [0.1, 0.15) is 0 Å². The number of sulfonamides is 1. The summed E-state index contributed by atoms with van der Waals surface area (Å²) < 4.78 is 25.6. The Morgan fingerprint density at radius 1 is 1.29 bits per heavy atom. The molecule has 0 aliphatic heterocycles. The largest absolute Gasteiger partial charge is 0.326 e. The van der Waals surface area contributed by atoms with Gasteiger partial charge in [-0.05, 0) is 36.1 Å². The van der Waals surface area contributed by atoms with Gasteiger partial charge in [0.05, 0.1) is 5.75 Å². The summed E-state index contributed by atoms with van der Waals surface area (Å²) >= 11 is 0. The van der Waals surface area contributed by atoms with Gasteiger partial charge in [-0.3, -0.25) is 4.72 Å². The van der Waals surface area contributed by atoms with E-state index < -0.39 is 10.0 Å². The van der Waals surface area contributed by atoms with Gasteiger partial charge in [0, 0.05) is 12.2 Å². The first-order chi connectivity index (χ1) is 7.88. The van der Waals surface area contributed by atoms with Gasteiger partial charge in [0.25, 0.3) is 0 Å². The summed E-state index contributed by atoms with van der Waals surface area (Å²) in [7, 11) is -3.23. The maximum atomic E-state index is 11.5. The highest BCUT2D eigenvalue weighted by molar-refractivity contribution is 7.92. The van der Waals surface area contributed by atoms with Crippen molar-refractivity contribution in [3.8, 4) is 0 Å². The Morgan fingerprint density at radius 2 is 1.94 bits per heavy atom. The molecule has 0 saturated heterocycles. The second-order valence-electron chi connectivity index (χ2n) is 4.33. The molecule has 0 aromatic heterocycles. The molecule has 0 bridgehead atoms. The number of nitrogens with one attached hydrogen (secondary N) is 1. The lowest BCUT2D eigenvalue weighted by Gasteiger charge is -2.12. The van der Waals surface area contributed by atoms with Crippen LogP contribution in [0.5, 0.6) is 0 Å².